The van der Waals surface area contributed by atoms with Crippen molar-refractivity contribution in [2.45, 2.75) is 18.6 Å². The molecule has 1 N–H and O–H groups in total. The topological polar surface area (TPSA) is 84.9 Å². The molecule has 10 heteroatoms. The van der Waals surface area contributed by atoms with Gasteiger partial charge < -0.3 is 14.8 Å². The molecule has 0 bridgehead atoms. The van der Waals surface area contributed by atoms with Gasteiger partial charge in [0.05, 0.1) is 19.4 Å². The smallest absolute Gasteiger partial charge is 0.223 e. The summed E-state index contributed by atoms with van der Waals surface area (Å²) in [6.45, 7) is 1.31. The summed E-state index contributed by atoms with van der Waals surface area (Å²) in [5, 5.41) is 3.65. The molecular weight excluding hydrogens is 475 g/mol. The highest BCUT2D eigenvalue weighted by Crippen LogP contribution is 2.26. The van der Waals surface area contributed by atoms with E-state index in [9.17, 15) is 13.2 Å². The van der Waals surface area contributed by atoms with Crippen LogP contribution < -0.4 is 14.8 Å². The number of hydrogen-bond acceptors (Lipinski definition) is 5. The fourth-order valence-electron chi connectivity index (χ4n) is 3.48. The molecule has 0 radical (unpaired) electrons. The van der Waals surface area contributed by atoms with E-state index in [0.717, 1.165) is 5.75 Å². The molecule has 1 aliphatic rings. The third-order valence-electron chi connectivity index (χ3n) is 5.30. The summed E-state index contributed by atoms with van der Waals surface area (Å²) in [5.41, 5.74) is 0.507. The maximum Gasteiger partial charge on any atom is 0.223 e. The number of halogens is 2. The van der Waals surface area contributed by atoms with Gasteiger partial charge in [-0.15, -0.1) is 0 Å². The van der Waals surface area contributed by atoms with E-state index in [-0.39, 0.29) is 17.6 Å². The number of nitrogens with zero attached hydrogens (tertiary/aromatic N) is 1. The van der Waals surface area contributed by atoms with Crippen molar-refractivity contribution >= 4 is 39.1 Å². The zero-order valence-corrected chi connectivity index (χ0v) is 20.0. The highest BCUT2D eigenvalue weighted by atomic mass is 35.5. The van der Waals surface area contributed by atoms with Crippen LogP contribution >= 0.6 is 23.2 Å². The second-order valence-corrected chi connectivity index (χ2v) is 10.3. The van der Waals surface area contributed by atoms with Crippen molar-refractivity contribution in [3.63, 3.8) is 0 Å². The Bertz CT molecular complexity index is 1020. The molecule has 0 spiro atoms. The molecule has 1 heterocycles. The van der Waals surface area contributed by atoms with Crippen molar-refractivity contribution in [2.75, 3.05) is 33.4 Å². The minimum absolute atomic E-state index is 0.0823. The molecule has 2 aromatic rings. The van der Waals surface area contributed by atoms with Crippen LogP contribution in [-0.2, 0) is 20.6 Å². The maximum absolute atomic E-state index is 12.8. The van der Waals surface area contributed by atoms with Crippen LogP contribution in [0.3, 0.4) is 0 Å². The lowest BCUT2D eigenvalue weighted by Gasteiger charge is -2.30. The van der Waals surface area contributed by atoms with Crippen LogP contribution in [0.2, 0.25) is 10.0 Å². The van der Waals surface area contributed by atoms with Crippen molar-refractivity contribution in [3.8, 4) is 11.5 Å². The van der Waals surface area contributed by atoms with Crippen LogP contribution in [-0.4, -0.2) is 52.0 Å². The van der Waals surface area contributed by atoms with Crippen LogP contribution in [0.25, 0.3) is 0 Å². The Morgan fingerprint density at radius 3 is 2.38 bits per heavy atom. The largest absolute Gasteiger partial charge is 0.497 e. The van der Waals surface area contributed by atoms with E-state index in [2.05, 4.69) is 5.32 Å². The molecule has 2 aromatic carbocycles. The number of carbonyl (C=O) groups is 1. The van der Waals surface area contributed by atoms with Gasteiger partial charge in [-0.25, -0.2) is 12.7 Å². The molecule has 1 saturated heterocycles. The zero-order chi connectivity index (χ0) is 23.1. The number of methoxy groups -OCH3 is 1. The van der Waals surface area contributed by atoms with Crippen LogP contribution in [0.15, 0.2) is 42.5 Å². The normalized spacial score (nSPS) is 15.3. The molecule has 1 aliphatic heterocycles. The number of hydrogen-bond donors (Lipinski definition) is 1. The molecule has 0 aliphatic carbocycles. The van der Waals surface area contributed by atoms with Gasteiger partial charge in [0.15, 0.2) is 0 Å². The van der Waals surface area contributed by atoms with Crippen molar-refractivity contribution in [3.05, 3.63) is 58.1 Å². The van der Waals surface area contributed by atoms with Gasteiger partial charge in [0, 0.05) is 29.1 Å². The molecule has 0 aromatic heterocycles. The summed E-state index contributed by atoms with van der Waals surface area (Å²) in [6.07, 6.45) is 0.942. The van der Waals surface area contributed by atoms with E-state index < -0.39 is 10.0 Å². The summed E-state index contributed by atoms with van der Waals surface area (Å²) in [4.78, 5) is 12.4. The first-order chi connectivity index (χ1) is 15.3. The van der Waals surface area contributed by atoms with Crippen molar-refractivity contribution < 1.29 is 22.7 Å². The lowest BCUT2D eigenvalue weighted by molar-refractivity contribution is -0.126. The van der Waals surface area contributed by atoms with Gasteiger partial charge in [-0.1, -0.05) is 29.3 Å². The number of ether oxygens (including phenoxy) is 2. The van der Waals surface area contributed by atoms with Crippen molar-refractivity contribution in [1.82, 2.24) is 9.62 Å². The molecule has 7 nitrogen and oxygen atoms in total. The SMILES string of the molecule is COc1ccc(OCCNC(=O)C2CCN(S(=O)(=O)Cc3ccc(Cl)cc3Cl)CC2)cc1. The molecule has 32 heavy (non-hydrogen) atoms. The van der Waals surface area contributed by atoms with E-state index in [1.165, 1.54) is 10.4 Å². The van der Waals surface area contributed by atoms with Gasteiger partial charge in [-0.05, 0) is 54.8 Å². The summed E-state index contributed by atoms with van der Waals surface area (Å²) < 4.78 is 37.7. The third-order valence-corrected chi connectivity index (χ3v) is 7.72. The Kier molecular flexibility index (Phi) is 8.64. The molecule has 0 atom stereocenters. The van der Waals surface area contributed by atoms with Gasteiger partial charge in [0.2, 0.25) is 15.9 Å². The summed E-state index contributed by atoms with van der Waals surface area (Å²) in [7, 11) is -1.93. The van der Waals surface area contributed by atoms with Gasteiger partial charge in [0.1, 0.15) is 18.1 Å². The molecule has 0 saturated carbocycles. The number of piperidine rings is 1. The Morgan fingerprint density at radius 1 is 1.09 bits per heavy atom. The predicted molar refractivity (Wildman–Crippen MR) is 125 cm³/mol. The quantitative estimate of drug-likeness (QED) is 0.530. The fourth-order valence-corrected chi connectivity index (χ4v) is 5.63. The van der Waals surface area contributed by atoms with Gasteiger partial charge >= 0.3 is 0 Å². The Balaban J connectivity index is 1.41. The molecule has 174 valence electrons. The van der Waals surface area contributed by atoms with Crippen LogP contribution in [0.1, 0.15) is 18.4 Å². The fraction of sp³-hybridized carbons (Fsp3) is 0.409. The van der Waals surface area contributed by atoms with E-state index in [4.69, 9.17) is 32.7 Å². The number of benzene rings is 2. The second kappa shape index (κ2) is 11.2. The maximum atomic E-state index is 12.8. The summed E-state index contributed by atoms with van der Waals surface area (Å²) >= 11 is 12.0. The highest BCUT2D eigenvalue weighted by molar-refractivity contribution is 7.88. The second-order valence-electron chi connectivity index (χ2n) is 7.48. The van der Waals surface area contributed by atoms with E-state index in [1.54, 1.807) is 43.5 Å². The van der Waals surface area contributed by atoms with Gasteiger partial charge in [-0.3, -0.25) is 4.79 Å². The first kappa shape index (κ1) is 24.6. The first-order valence-corrected chi connectivity index (χ1v) is 12.6. The Hall–Kier alpha value is -2.00. The minimum Gasteiger partial charge on any atom is -0.497 e. The number of nitrogens with one attached hydrogen (secondary N) is 1. The van der Waals surface area contributed by atoms with Gasteiger partial charge in [0.25, 0.3) is 0 Å². The van der Waals surface area contributed by atoms with E-state index >= 15 is 0 Å². The third kappa shape index (κ3) is 6.75. The lowest BCUT2D eigenvalue weighted by atomic mass is 9.97. The molecule has 1 fully saturated rings. The Labute approximate surface area is 198 Å². The van der Waals surface area contributed by atoms with Crippen LogP contribution in [0.4, 0.5) is 0 Å². The van der Waals surface area contributed by atoms with Crippen molar-refractivity contribution in [2.24, 2.45) is 5.92 Å². The average molecular weight is 501 g/mol. The standard InChI is InChI=1S/C22H26Cl2N2O5S/c1-30-19-4-6-20(7-5-19)31-13-10-25-22(27)16-8-11-26(12-9-16)32(28,29)15-17-2-3-18(23)14-21(17)24/h2-7,14,16H,8-13,15H2,1H3,(H,25,27). The number of rotatable bonds is 9. The summed E-state index contributed by atoms with van der Waals surface area (Å²) in [5.74, 6) is 0.944. The van der Waals surface area contributed by atoms with E-state index in [1.807, 2.05) is 0 Å². The minimum atomic E-state index is -3.53. The zero-order valence-electron chi connectivity index (χ0n) is 17.7. The molecule has 1 amide bonds. The Morgan fingerprint density at radius 2 is 1.75 bits per heavy atom. The van der Waals surface area contributed by atoms with E-state index in [0.29, 0.717) is 60.4 Å². The van der Waals surface area contributed by atoms with Crippen molar-refractivity contribution in [1.29, 1.82) is 0 Å². The van der Waals surface area contributed by atoms with Crippen LogP contribution in [0, 0.1) is 5.92 Å². The monoisotopic (exact) mass is 500 g/mol. The number of sulfonamides is 1. The van der Waals surface area contributed by atoms with Gasteiger partial charge in [-0.2, -0.15) is 0 Å². The highest BCUT2D eigenvalue weighted by Gasteiger charge is 2.31. The average Bonchev–Trinajstić information content (AvgIpc) is 2.79. The molecule has 0 unspecified atom stereocenters. The number of amides is 1. The number of carbonyl (C=O) groups excluding carboxylic acids is 1. The molecule has 3 rings (SSSR count). The summed E-state index contributed by atoms with van der Waals surface area (Å²) in [6, 6.07) is 12.0. The van der Waals surface area contributed by atoms with Crippen LogP contribution in [0.5, 0.6) is 11.5 Å². The predicted octanol–water partition coefficient (Wildman–Crippen LogP) is 3.74. The lowest BCUT2D eigenvalue weighted by Crippen LogP contribution is -2.44. The first-order valence-electron chi connectivity index (χ1n) is 10.2. The molecular formula is C22H26Cl2N2O5S.